The highest BCUT2D eigenvalue weighted by Crippen LogP contribution is 2.30. The molecule has 3 rings (SSSR count). The molecule has 0 unspecified atom stereocenters. The Bertz CT molecular complexity index is 791. The lowest BCUT2D eigenvalue weighted by atomic mass is 10.2. The lowest BCUT2D eigenvalue weighted by Gasteiger charge is -2.24. The smallest absolute Gasteiger partial charge is 0.246 e. The van der Waals surface area contributed by atoms with E-state index in [0.717, 1.165) is 30.5 Å². The highest BCUT2D eigenvalue weighted by molar-refractivity contribution is 7.89. The third-order valence-electron chi connectivity index (χ3n) is 4.82. The first kappa shape index (κ1) is 17.9. The van der Waals surface area contributed by atoms with Crippen LogP contribution in [0.5, 0.6) is 0 Å². The molecule has 0 aliphatic carbocycles. The first-order chi connectivity index (χ1) is 11.9. The van der Waals surface area contributed by atoms with Gasteiger partial charge >= 0.3 is 0 Å². The topological polar surface area (TPSA) is 86.8 Å². The Kier molecular flexibility index (Phi) is 5.10. The monoisotopic (exact) mass is 365 g/mol. The summed E-state index contributed by atoms with van der Waals surface area (Å²) in [4.78, 5) is 28.3. The van der Waals surface area contributed by atoms with E-state index in [2.05, 4.69) is 4.72 Å². The Balaban J connectivity index is 1.76. The quantitative estimate of drug-likeness (QED) is 0.858. The van der Waals surface area contributed by atoms with E-state index in [1.54, 1.807) is 21.9 Å². The second kappa shape index (κ2) is 7.13. The van der Waals surface area contributed by atoms with Crippen molar-refractivity contribution in [3.05, 3.63) is 23.8 Å². The SMILES string of the molecule is CNS(=O)(=O)c1ccc2c(c1)CCN2C(=O)CN1CCCCCC1=O. The molecule has 0 aromatic heterocycles. The predicted molar refractivity (Wildman–Crippen MR) is 93.8 cm³/mol. The first-order valence-electron chi connectivity index (χ1n) is 8.57. The van der Waals surface area contributed by atoms with Gasteiger partial charge in [0.2, 0.25) is 21.8 Å². The van der Waals surface area contributed by atoms with Gasteiger partial charge in [-0.15, -0.1) is 0 Å². The summed E-state index contributed by atoms with van der Waals surface area (Å²) in [5.74, 6) is -0.0704. The average molecular weight is 365 g/mol. The average Bonchev–Trinajstić information content (AvgIpc) is 2.93. The second-order valence-electron chi connectivity index (χ2n) is 6.42. The number of hydrogen-bond acceptors (Lipinski definition) is 4. The zero-order chi connectivity index (χ0) is 18.0. The second-order valence-corrected chi connectivity index (χ2v) is 8.31. The molecule has 2 aliphatic rings. The number of carbonyl (C=O) groups is 2. The van der Waals surface area contributed by atoms with Crippen LogP contribution < -0.4 is 9.62 Å². The van der Waals surface area contributed by atoms with Crippen LogP contribution in [-0.2, 0) is 26.0 Å². The zero-order valence-electron chi connectivity index (χ0n) is 14.3. The van der Waals surface area contributed by atoms with E-state index in [4.69, 9.17) is 0 Å². The van der Waals surface area contributed by atoms with Crippen LogP contribution in [0.2, 0.25) is 0 Å². The predicted octanol–water partition coefficient (Wildman–Crippen LogP) is 0.886. The summed E-state index contributed by atoms with van der Waals surface area (Å²) in [6, 6.07) is 4.80. The Morgan fingerprint density at radius 1 is 1.16 bits per heavy atom. The van der Waals surface area contributed by atoms with E-state index in [1.165, 1.54) is 13.1 Å². The molecular formula is C17H23N3O4S. The number of carbonyl (C=O) groups excluding carboxylic acids is 2. The van der Waals surface area contributed by atoms with E-state index in [-0.39, 0.29) is 23.3 Å². The molecule has 2 amide bonds. The van der Waals surface area contributed by atoms with E-state index in [0.29, 0.717) is 25.9 Å². The molecule has 0 spiro atoms. The van der Waals surface area contributed by atoms with E-state index >= 15 is 0 Å². The minimum atomic E-state index is -3.50. The molecule has 25 heavy (non-hydrogen) atoms. The highest BCUT2D eigenvalue weighted by Gasteiger charge is 2.28. The Labute approximate surface area is 148 Å². The van der Waals surface area contributed by atoms with E-state index in [9.17, 15) is 18.0 Å². The van der Waals surface area contributed by atoms with Crippen LogP contribution >= 0.6 is 0 Å². The zero-order valence-corrected chi connectivity index (χ0v) is 15.1. The fourth-order valence-corrected chi connectivity index (χ4v) is 4.16. The van der Waals surface area contributed by atoms with Gasteiger partial charge in [0.25, 0.3) is 0 Å². The van der Waals surface area contributed by atoms with Crippen molar-refractivity contribution < 1.29 is 18.0 Å². The minimum Gasteiger partial charge on any atom is -0.333 e. The van der Waals surface area contributed by atoms with Crippen LogP contribution in [0, 0.1) is 0 Å². The van der Waals surface area contributed by atoms with Gasteiger partial charge in [0, 0.05) is 25.2 Å². The van der Waals surface area contributed by atoms with Gasteiger partial charge in [-0.1, -0.05) is 6.42 Å². The van der Waals surface area contributed by atoms with E-state index < -0.39 is 10.0 Å². The molecule has 0 radical (unpaired) electrons. The van der Waals surface area contributed by atoms with Crippen molar-refractivity contribution in [1.29, 1.82) is 0 Å². The molecule has 1 N–H and O–H groups in total. The van der Waals surface area contributed by atoms with Gasteiger partial charge in [-0.2, -0.15) is 0 Å². The van der Waals surface area contributed by atoms with Crippen molar-refractivity contribution in [3.8, 4) is 0 Å². The van der Waals surface area contributed by atoms with Crippen LogP contribution in [0.25, 0.3) is 0 Å². The Morgan fingerprint density at radius 2 is 1.96 bits per heavy atom. The molecule has 7 nitrogen and oxygen atoms in total. The van der Waals surface area contributed by atoms with Crippen LogP contribution in [-0.4, -0.2) is 51.8 Å². The maximum atomic E-state index is 12.7. The van der Waals surface area contributed by atoms with Gasteiger partial charge in [-0.3, -0.25) is 9.59 Å². The number of nitrogens with one attached hydrogen (secondary N) is 1. The van der Waals surface area contributed by atoms with Gasteiger partial charge in [0.1, 0.15) is 6.54 Å². The molecule has 1 fully saturated rings. The third kappa shape index (κ3) is 3.69. The van der Waals surface area contributed by atoms with Crippen LogP contribution in [0.15, 0.2) is 23.1 Å². The summed E-state index contributed by atoms with van der Waals surface area (Å²) >= 11 is 0. The molecule has 1 aromatic rings. The van der Waals surface area contributed by atoms with Gasteiger partial charge in [0.15, 0.2) is 0 Å². The summed E-state index contributed by atoms with van der Waals surface area (Å²) < 4.78 is 26.1. The number of likely N-dealkylation sites (tertiary alicyclic amines) is 1. The van der Waals surface area contributed by atoms with Crippen LogP contribution in [0.1, 0.15) is 31.2 Å². The lowest BCUT2D eigenvalue weighted by Crippen LogP contribution is -2.42. The molecule has 0 bridgehead atoms. The van der Waals surface area contributed by atoms with Gasteiger partial charge in [-0.05, 0) is 50.1 Å². The number of amides is 2. The number of sulfonamides is 1. The minimum absolute atomic E-state index is 0.0423. The van der Waals surface area contributed by atoms with E-state index in [1.807, 2.05) is 0 Å². The van der Waals surface area contributed by atoms with Gasteiger partial charge in [0.05, 0.1) is 4.90 Å². The summed E-state index contributed by atoms with van der Waals surface area (Å²) in [6.07, 6.45) is 3.96. The van der Waals surface area contributed by atoms with Crippen LogP contribution in [0.4, 0.5) is 5.69 Å². The molecule has 1 aromatic carbocycles. The van der Waals surface area contributed by atoms with Crippen molar-refractivity contribution in [2.75, 3.05) is 31.6 Å². The number of rotatable bonds is 4. The number of fused-ring (bicyclic) bond motifs is 1. The Morgan fingerprint density at radius 3 is 2.72 bits per heavy atom. The number of anilines is 1. The fourth-order valence-electron chi connectivity index (χ4n) is 3.38. The Hall–Kier alpha value is -1.93. The molecular weight excluding hydrogens is 342 g/mol. The van der Waals surface area contributed by atoms with Gasteiger partial charge < -0.3 is 9.80 Å². The number of nitrogens with zero attached hydrogens (tertiary/aromatic N) is 2. The van der Waals surface area contributed by atoms with Crippen molar-refractivity contribution >= 4 is 27.5 Å². The molecule has 1 saturated heterocycles. The van der Waals surface area contributed by atoms with Crippen molar-refractivity contribution in [3.63, 3.8) is 0 Å². The maximum absolute atomic E-state index is 12.7. The largest absolute Gasteiger partial charge is 0.333 e. The highest BCUT2D eigenvalue weighted by atomic mass is 32.2. The maximum Gasteiger partial charge on any atom is 0.246 e. The molecule has 2 heterocycles. The molecule has 0 saturated carbocycles. The molecule has 8 heteroatoms. The first-order valence-corrected chi connectivity index (χ1v) is 10.1. The standard InChI is InChI=1S/C17H23N3O4S/c1-18-25(23,24)14-6-7-15-13(11-14)8-10-20(15)17(22)12-19-9-4-2-3-5-16(19)21/h6-7,11,18H,2-5,8-10,12H2,1H3. The van der Waals surface area contributed by atoms with Crippen molar-refractivity contribution in [2.24, 2.45) is 0 Å². The third-order valence-corrected chi connectivity index (χ3v) is 6.24. The summed E-state index contributed by atoms with van der Waals surface area (Å²) in [5, 5.41) is 0. The normalized spacial score (nSPS) is 18.2. The van der Waals surface area contributed by atoms with Crippen LogP contribution in [0.3, 0.4) is 0 Å². The van der Waals surface area contributed by atoms with Gasteiger partial charge in [-0.25, -0.2) is 13.1 Å². The lowest BCUT2D eigenvalue weighted by molar-refractivity contribution is -0.134. The number of benzene rings is 1. The molecule has 0 atom stereocenters. The summed E-state index contributed by atoms with van der Waals surface area (Å²) in [6.45, 7) is 1.23. The molecule has 2 aliphatic heterocycles. The van der Waals surface area contributed by atoms with Crippen molar-refractivity contribution in [2.45, 2.75) is 37.0 Å². The summed E-state index contributed by atoms with van der Waals surface area (Å²) in [5.41, 5.74) is 1.58. The van der Waals surface area contributed by atoms with Crippen molar-refractivity contribution in [1.82, 2.24) is 9.62 Å². The number of hydrogen-bond donors (Lipinski definition) is 1. The fraction of sp³-hybridized carbons (Fsp3) is 0.529. The summed E-state index contributed by atoms with van der Waals surface area (Å²) in [7, 11) is -2.13. The molecule has 136 valence electrons.